The summed E-state index contributed by atoms with van der Waals surface area (Å²) in [5.74, 6) is -1.57. The molecule has 0 spiro atoms. The maximum Gasteiger partial charge on any atom is 0.352 e. The molecule has 0 radical (unpaired) electrons. The van der Waals surface area contributed by atoms with E-state index in [-0.39, 0.29) is 5.75 Å². The summed E-state index contributed by atoms with van der Waals surface area (Å²) in [5, 5.41) is 17.5. The molecule has 0 saturated carbocycles. The van der Waals surface area contributed by atoms with Crippen LogP contribution < -0.4 is 0 Å². The first kappa shape index (κ1) is 21.3. The lowest BCUT2D eigenvalue weighted by molar-refractivity contribution is -0.145. The molecule has 0 aliphatic carbocycles. The van der Waals surface area contributed by atoms with Crippen LogP contribution in [0.2, 0.25) is 0 Å². The Kier molecular flexibility index (Phi) is 12.5. The normalized spacial score (nSPS) is 13.0. The molecule has 0 aromatic heterocycles. The van der Waals surface area contributed by atoms with E-state index in [0.29, 0.717) is 6.42 Å². The van der Waals surface area contributed by atoms with Crippen molar-refractivity contribution in [1.29, 1.82) is 0 Å². The third-order valence-electron chi connectivity index (χ3n) is 3.40. The van der Waals surface area contributed by atoms with Crippen molar-refractivity contribution in [3.05, 3.63) is 0 Å². The van der Waals surface area contributed by atoms with Crippen molar-refractivity contribution in [3.63, 3.8) is 0 Å². The monoisotopic (exact) mass is 338 g/mol. The molecule has 0 rings (SSSR count). The van der Waals surface area contributed by atoms with Crippen molar-refractivity contribution in [2.45, 2.75) is 77.2 Å². The standard InChI is InChI=1S/C15H30O6S/c1-2-3-4-5-6-7-8-9-10-11-12-22(19,20)21-15(18)14(17)13-16/h14,16-17H,2-13H2,1H3. The minimum absolute atomic E-state index is 0.243. The van der Waals surface area contributed by atoms with Crippen LogP contribution in [-0.2, 0) is 19.1 Å². The van der Waals surface area contributed by atoms with E-state index in [9.17, 15) is 13.2 Å². The fraction of sp³-hybridized carbons (Fsp3) is 0.933. The van der Waals surface area contributed by atoms with Gasteiger partial charge >= 0.3 is 16.1 Å². The molecular weight excluding hydrogens is 308 g/mol. The molecular formula is C15H30O6S. The molecule has 1 atom stereocenters. The maximum absolute atomic E-state index is 11.5. The van der Waals surface area contributed by atoms with Crippen LogP contribution in [-0.4, -0.2) is 43.1 Å². The predicted octanol–water partition coefficient (Wildman–Crippen LogP) is 2.13. The summed E-state index contributed by atoms with van der Waals surface area (Å²) in [4.78, 5) is 11.1. The first-order chi connectivity index (χ1) is 10.4. The highest BCUT2D eigenvalue weighted by Gasteiger charge is 2.22. The Morgan fingerprint density at radius 1 is 0.955 bits per heavy atom. The quantitative estimate of drug-likeness (QED) is 0.372. The molecule has 0 aliphatic heterocycles. The maximum atomic E-state index is 11.5. The number of unbranched alkanes of at least 4 members (excludes halogenated alkanes) is 9. The van der Waals surface area contributed by atoms with Crippen LogP contribution in [0.5, 0.6) is 0 Å². The molecule has 7 heteroatoms. The highest BCUT2D eigenvalue weighted by Crippen LogP contribution is 2.11. The largest absolute Gasteiger partial charge is 0.393 e. The van der Waals surface area contributed by atoms with E-state index in [1.165, 1.54) is 38.5 Å². The van der Waals surface area contributed by atoms with Crippen LogP contribution in [0.15, 0.2) is 0 Å². The number of rotatable bonds is 14. The lowest BCUT2D eigenvalue weighted by atomic mass is 10.1. The summed E-state index contributed by atoms with van der Waals surface area (Å²) >= 11 is 0. The first-order valence-corrected chi connectivity index (χ1v) is 9.75. The third-order valence-corrected chi connectivity index (χ3v) is 4.61. The third kappa shape index (κ3) is 11.9. The van der Waals surface area contributed by atoms with Crippen molar-refractivity contribution in [1.82, 2.24) is 0 Å². The first-order valence-electron chi connectivity index (χ1n) is 8.18. The van der Waals surface area contributed by atoms with Crippen LogP contribution in [0, 0.1) is 0 Å². The van der Waals surface area contributed by atoms with E-state index >= 15 is 0 Å². The van der Waals surface area contributed by atoms with Crippen LogP contribution >= 0.6 is 0 Å². The average Bonchev–Trinajstić information content (AvgIpc) is 2.47. The Morgan fingerprint density at radius 3 is 1.86 bits per heavy atom. The van der Waals surface area contributed by atoms with Gasteiger partial charge in [0, 0.05) is 0 Å². The summed E-state index contributed by atoms with van der Waals surface area (Å²) in [7, 11) is -3.96. The van der Waals surface area contributed by atoms with Crippen molar-refractivity contribution in [3.8, 4) is 0 Å². The van der Waals surface area contributed by atoms with E-state index in [1.807, 2.05) is 0 Å². The second-order valence-corrected chi connectivity index (χ2v) is 7.23. The zero-order chi connectivity index (χ0) is 16.8. The minimum atomic E-state index is -3.96. The van der Waals surface area contributed by atoms with Gasteiger partial charge in [-0.2, -0.15) is 8.42 Å². The number of aliphatic hydroxyl groups is 2. The summed E-state index contributed by atoms with van der Waals surface area (Å²) in [6.45, 7) is 1.34. The lowest BCUT2D eigenvalue weighted by Gasteiger charge is -2.08. The molecule has 2 N–H and O–H groups in total. The van der Waals surface area contributed by atoms with Crippen LogP contribution in [0.1, 0.15) is 71.1 Å². The molecule has 0 aromatic rings. The number of hydrogen-bond acceptors (Lipinski definition) is 6. The number of carbonyl (C=O) groups excluding carboxylic acids is 1. The molecule has 6 nitrogen and oxygen atoms in total. The zero-order valence-corrected chi connectivity index (χ0v) is 14.3. The zero-order valence-electron chi connectivity index (χ0n) is 13.5. The highest BCUT2D eigenvalue weighted by atomic mass is 32.2. The molecule has 0 fully saturated rings. The highest BCUT2D eigenvalue weighted by molar-refractivity contribution is 7.87. The Balaban J connectivity index is 3.59. The van der Waals surface area contributed by atoms with E-state index in [2.05, 4.69) is 11.1 Å². The second-order valence-electron chi connectivity index (χ2n) is 5.54. The van der Waals surface area contributed by atoms with Crippen molar-refractivity contribution < 1.29 is 27.6 Å². The van der Waals surface area contributed by atoms with Gasteiger partial charge in [0.25, 0.3) is 0 Å². The van der Waals surface area contributed by atoms with Crippen LogP contribution in [0.3, 0.4) is 0 Å². The summed E-state index contributed by atoms with van der Waals surface area (Å²) < 4.78 is 27.1. The Labute approximate surface area is 134 Å². The molecule has 0 bridgehead atoms. The van der Waals surface area contributed by atoms with E-state index in [0.717, 1.165) is 19.3 Å². The minimum Gasteiger partial charge on any atom is -0.393 e. The van der Waals surface area contributed by atoms with Gasteiger partial charge in [-0.25, -0.2) is 4.79 Å². The Bertz CT molecular complexity index is 379. The van der Waals surface area contributed by atoms with Gasteiger partial charge in [-0.3, -0.25) is 0 Å². The molecule has 132 valence electrons. The van der Waals surface area contributed by atoms with Gasteiger partial charge in [0.05, 0.1) is 12.4 Å². The molecule has 0 saturated heterocycles. The fourth-order valence-corrected chi connectivity index (χ4v) is 3.07. The van der Waals surface area contributed by atoms with Gasteiger partial charge in [-0.1, -0.05) is 64.7 Å². The molecule has 22 heavy (non-hydrogen) atoms. The number of hydrogen-bond donors (Lipinski definition) is 2. The fourth-order valence-electron chi connectivity index (χ4n) is 2.06. The lowest BCUT2D eigenvalue weighted by Crippen LogP contribution is -2.29. The van der Waals surface area contributed by atoms with Crippen molar-refractivity contribution in [2.24, 2.45) is 0 Å². The van der Waals surface area contributed by atoms with Crippen molar-refractivity contribution in [2.75, 3.05) is 12.4 Å². The Morgan fingerprint density at radius 2 is 1.41 bits per heavy atom. The molecule has 0 aliphatic rings. The second kappa shape index (κ2) is 12.8. The average molecular weight is 338 g/mol. The van der Waals surface area contributed by atoms with Gasteiger partial charge < -0.3 is 14.4 Å². The Hall–Kier alpha value is -0.660. The van der Waals surface area contributed by atoms with E-state index in [4.69, 9.17) is 10.2 Å². The summed E-state index contributed by atoms with van der Waals surface area (Å²) in [6, 6.07) is 0. The van der Waals surface area contributed by atoms with Gasteiger partial charge in [-0.15, -0.1) is 0 Å². The number of aliphatic hydroxyl groups excluding tert-OH is 2. The number of carbonyl (C=O) groups is 1. The van der Waals surface area contributed by atoms with Crippen molar-refractivity contribution >= 4 is 16.1 Å². The summed E-state index contributed by atoms with van der Waals surface area (Å²) in [6.07, 6.45) is 8.97. The molecule has 0 aromatic carbocycles. The molecule has 1 unspecified atom stereocenters. The predicted molar refractivity (Wildman–Crippen MR) is 84.8 cm³/mol. The van der Waals surface area contributed by atoms with E-state index < -0.39 is 28.8 Å². The molecule has 0 amide bonds. The molecule has 0 heterocycles. The van der Waals surface area contributed by atoms with Crippen LogP contribution in [0.4, 0.5) is 0 Å². The van der Waals surface area contributed by atoms with Gasteiger partial charge in [-0.05, 0) is 6.42 Å². The van der Waals surface area contributed by atoms with Crippen LogP contribution in [0.25, 0.3) is 0 Å². The smallest absolute Gasteiger partial charge is 0.352 e. The SMILES string of the molecule is CCCCCCCCCCCCS(=O)(=O)OC(=O)C(O)CO. The van der Waals surface area contributed by atoms with Gasteiger partial charge in [0.1, 0.15) is 0 Å². The van der Waals surface area contributed by atoms with E-state index in [1.54, 1.807) is 0 Å². The summed E-state index contributed by atoms with van der Waals surface area (Å²) in [5.41, 5.74) is 0. The van der Waals surface area contributed by atoms with Gasteiger partial charge in [0.2, 0.25) is 0 Å². The van der Waals surface area contributed by atoms with Gasteiger partial charge in [0.15, 0.2) is 6.10 Å². The topological polar surface area (TPSA) is 101 Å².